The largest absolute Gasteiger partial charge is 0.383 e. The number of aromatic amines is 1. The van der Waals surface area contributed by atoms with E-state index < -0.39 is 0 Å². The van der Waals surface area contributed by atoms with E-state index in [1.807, 2.05) is 23.1 Å². The molecular formula is C25H29ClN2O2. The van der Waals surface area contributed by atoms with Crippen LogP contribution in [0.25, 0.3) is 10.9 Å². The Hall–Kier alpha value is -2.30. The zero-order valence-electron chi connectivity index (χ0n) is 17.5. The third-order valence-electron chi connectivity index (χ3n) is 6.43. The Morgan fingerprint density at radius 2 is 1.87 bits per heavy atom. The minimum Gasteiger partial charge on any atom is -0.383 e. The van der Waals surface area contributed by atoms with E-state index in [0.29, 0.717) is 30.3 Å². The van der Waals surface area contributed by atoms with E-state index in [-0.39, 0.29) is 11.3 Å². The lowest BCUT2D eigenvalue weighted by Gasteiger charge is -2.41. The summed E-state index contributed by atoms with van der Waals surface area (Å²) in [6, 6.07) is 16.4. The number of benzene rings is 2. The number of fused-ring (bicyclic) bond motifs is 1. The number of aromatic nitrogens is 1. The fourth-order valence-corrected chi connectivity index (χ4v) is 5.13. The van der Waals surface area contributed by atoms with Crippen molar-refractivity contribution in [2.75, 3.05) is 26.8 Å². The van der Waals surface area contributed by atoms with Gasteiger partial charge in [0, 0.05) is 42.7 Å². The van der Waals surface area contributed by atoms with Crippen LogP contribution in [0.4, 0.5) is 0 Å². The maximum absolute atomic E-state index is 13.7. The Morgan fingerprint density at radius 3 is 2.60 bits per heavy atom. The fraction of sp³-hybridized carbons (Fsp3) is 0.400. The molecule has 0 aliphatic heterocycles. The molecule has 1 aromatic heterocycles. The number of rotatable bonds is 7. The van der Waals surface area contributed by atoms with Crippen LogP contribution >= 0.6 is 11.6 Å². The molecule has 0 spiro atoms. The molecule has 1 aliphatic carbocycles. The Labute approximate surface area is 183 Å². The second-order valence-corrected chi connectivity index (χ2v) is 8.70. The molecule has 0 bridgehead atoms. The number of hydrogen-bond acceptors (Lipinski definition) is 2. The molecule has 2 aromatic carbocycles. The lowest BCUT2D eigenvalue weighted by molar-refractivity contribution is 0.0616. The summed E-state index contributed by atoms with van der Waals surface area (Å²) in [5.74, 6) is 0.00674. The Morgan fingerprint density at radius 1 is 1.10 bits per heavy atom. The highest BCUT2D eigenvalue weighted by Gasteiger charge is 2.37. The molecule has 0 radical (unpaired) electrons. The van der Waals surface area contributed by atoms with Crippen LogP contribution in [0.15, 0.2) is 54.7 Å². The number of nitrogens with one attached hydrogen (secondary N) is 1. The molecule has 1 N–H and O–H groups in total. The predicted molar refractivity (Wildman–Crippen MR) is 122 cm³/mol. The fourth-order valence-electron chi connectivity index (χ4n) is 4.86. The van der Waals surface area contributed by atoms with Crippen molar-refractivity contribution in [2.24, 2.45) is 0 Å². The van der Waals surface area contributed by atoms with Gasteiger partial charge in [-0.1, -0.05) is 67.3 Å². The van der Waals surface area contributed by atoms with Gasteiger partial charge >= 0.3 is 0 Å². The Balaban J connectivity index is 1.70. The normalized spacial score (nSPS) is 15.9. The number of nitrogens with zero attached hydrogens (tertiary/aromatic N) is 1. The van der Waals surface area contributed by atoms with Gasteiger partial charge in [-0.05, 0) is 30.5 Å². The first-order valence-corrected chi connectivity index (χ1v) is 11.1. The topological polar surface area (TPSA) is 45.3 Å². The zero-order chi connectivity index (χ0) is 21.0. The quantitative estimate of drug-likeness (QED) is 0.520. The van der Waals surface area contributed by atoms with Gasteiger partial charge in [0.05, 0.1) is 17.2 Å². The van der Waals surface area contributed by atoms with Gasteiger partial charge in [0.25, 0.3) is 5.91 Å². The van der Waals surface area contributed by atoms with E-state index in [4.69, 9.17) is 16.3 Å². The van der Waals surface area contributed by atoms with Crippen molar-refractivity contribution in [1.82, 2.24) is 9.88 Å². The maximum atomic E-state index is 13.7. The molecule has 158 valence electrons. The van der Waals surface area contributed by atoms with Crippen molar-refractivity contribution >= 4 is 28.4 Å². The molecule has 0 atom stereocenters. The molecule has 4 rings (SSSR count). The van der Waals surface area contributed by atoms with Crippen LogP contribution in [-0.4, -0.2) is 42.6 Å². The maximum Gasteiger partial charge on any atom is 0.256 e. The van der Waals surface area contributed by atoms with Gasteiger partial charge in [-0.25, -0.2) is 0 Å². The number of ether oxygens (including phenoxy) is 1. The number of hydrogen-bond donors (Lipinski definition) is 1. The molecule has 1 aliphatic rings. The predicted octanol–water partition coefficient (Wildman–Crippen LogP) is 5.81. The van der Waals surface area contributed by atoms with E-state index in [1.54, 1.807) is 13.3 Å². The number of methoxy groups -OCH3 is 1. The van der Waals surface area contributed by atoms with E-state index in [9.17, 15) is 4.79 Å². The second-order valence-electron chi connectivity index (χ2n) is 8.29. The van der Waals surface area contributed by atoms with Gasteiger partial charge in [-0.2, -0.15) is 0 Å². The standard InChI is InChI=1S/C25H29ClN2O2/c1-30-16-15-28(24(29)20-17-27-22-12-8-11-21(26)23(20)22)18-25(13-6-3-7-14-25)19-9-4-2-5-10-19/h2,4-5,8-12,17,27H,3,6-7,13-16,18H2,1H3. The van der Waals surface area contributed by atoms with E-state index in [2.05, 4.69) is 35.3 Å². The van der Waals surface area contributed by atoms with Crippen molar-refractivity contribution in [2.45, 2.75) is 37.5 Å². The number of halogens is 1. The first kappa shape index (κ1) is 21.0. The molecule has 30 heavy (non-hydrogen) atoms. The molecule has 1 amide bonds. The summed E-state index contributed by atoms with van der Waals surface area (Å²) in [7, 11) is 1.68. The molecular weight excluding hydrogens is 396 g/mol. The first-order chi connectivity index (χ1) is 14.6. The lowest BCUT2D eigenvalue weighted by Crippen LogP contribution is -2.46. The van der Waals surface area contributed by atoms with E-state index in [1.165, 1.54) is 24.8 Å². The van der Waals surface area contributed by atoms with Crippen molar-refractivity contribution in [1.29, 1.82) is 0 Å². The molecule has 3 aromatic rings. The Bertz CT molecular complexity index is 993. The molecule has 1 saturated carbocycles. The summed E-state index contributed by atoms with van der Waals surface area (Å²) in [4.78, 5) is 18.9. The van der Waals surface area contributed by atoms with Crippen molar-refractivity contribution in [3.8, 4) is 0 Å². The minimum absolute atomic E-state index is 0.00674. The summed E-state index contributed by atoms with van der Waals surface area (Å²) in [6.07, 6.45) is 7.64. The van der Waals surface area contributed by atoms with Crippen molar-refractivity contribution in [3.63, 3.8) is 0 Å². The van der Waals surface area contributed by atoms with E-state index in [0.717, 1.165) is 23.7 Å². The van der Waals surface area contributed by atoms with Gasteiger partial charge in [-0.3, -0.25) is 4.79 Å². The monoisotopic (exact) mass is 424 g/mol. The van der Waals surface area contributed by atoms with E-state index >= 15 is 0 Å². The summed E-state index contributed by atoms with van der Waals surface area (Å²) in [6.45, 7) is 1.75. The highest BCUT2D eigenvalue weighted by molar-refractivity contribution is 6.36. The third-order valence-corrected chi connectivity index (χ3v) is 6.74. The van der Waals surface area contributed by atoms with Crippen LogP contribution in [0.3, 0.4) is 0 Å². The van der Waals surface area contributed by atoms with Gasteiger partial charge in [0.1, 0.15) is 0 Å². The average molecular weight is 425 g/mol. The van der Waals surface area contributed by atoms with Crippen LogP contribution in [0.1, 0.15) is 48.0 Å². The molecule has 0 unspecified atom stereocenters. The van der Waals surface area contributed by atoms with Gasteiger partial charge < -0.3 is 14.6 Å². The van der Waals surface area contributed by atoms with Crippen LogP contribution in [0.5, 0.6) is 0 Å². The SMILES string of the molecule is COCCN(CC1(c2ccccc2)CCCCC1)C(=O)c1c[nH]c2cccc(Cl)c12. The van der Waals surface area contributed by atoms with Crippen molar-refractivity contribution < 1.29 is 9.53 Å². The highest BCUT2D eigenvalue weighted by Crippen LogP contribution is 2.40. The van der Waals surface area contributed by atoms with Crippen LogP contribution < -0.4 is 0 Å². The molecule has 1 heterocycles. The molecule has 0 saturated heterocycles. The third kappa shape index (κ3) is 4.12. The number of carbonyl (C=O) groups is 1. The van der Waals surface area contributed by atoms with Crippen molar-refractivity contribution in [3.05, 3.63) is 70.9 Å². The number of H-pyrrole nitrogens is 1. The minimum atomic E-state index is -0.0151. The highest BCUT2D eigenvalue weighted by atomic mass is 35.5. The second kappa shape index (κ2) is 9.23. The van der Waals surface area contributed by atoms with Gasteiger partial charge in [0.2, 0.25) is 0 Å². The van der Waals surface area contributed by atoms with Crippen LogP contribution in [0.2, 0.25) is 5.02 Å². The number of amides is 1. The average Bonchev–Trinajstić information content (AvgIpc) is 3.23. The van der Waals surface area contributed by atoms with Crippen LogP contribution in [-0.2, 0) is 10.2 Å². The summed E-state index contributed by atoms with van der Waals surface area (Å²) < 4.78 is 5.35. The summed E-state index contributed by atoms with van der Waals surface area (Å²) in [5, 5.41) is 1.39. The lowest BCUT2D eigenvalue weighted by atomic mass is 9.69. The number of carbonyl (C=O) groups excluding carboxylic acids is 1. The summed E-state index contributed by atoms with van der Waals surface area (Å²) >= 11 is 6.46. The molecule has 5 heteroatoms. The molecule has 4 nitrogen and oxygen atoms in total. The smallest absolute Gasteiger partial charge is 0.256 e. The molecule has 1 fully saturated rings. The first-order valence-electron chi connectivity index (χ1n) is 10.7. The summed E-state index contributed by atoms with van der Waals surface area (Å²) in [5.41, 5.74) is 2.83. The Kier molecular flexibility index (Phi) is 6.45. The van der Waals surface area contributed by atoms with Gasteiger partial charge in [0.15, 0.2) is 0 Å². The van der Waals surface area contributed by atoms with Crippen LogP contribution in [0, 0.1) is 0 Å². The van der Waals surface area contributed by atoms with Gasteiger partial charge in [-0.15, -0.1) is 0 Å². The zero-order valence-corrected chi connectivity index (χ0v) is 18.3.